The van der Waals surface area contributed by atoms with E-state index in [1.165, 1.54) is 96.3 Å². The first-order valence-corrected chi connectivity index (χ1v) is 9.42. The maximum atomic E-state index is 3.50. The SMILES string of the molecule is CCCCCCCCCCCCNNC1CCCCC1. The predicted octanol–water partition coefficient (Wildman–Crippen LogP) is 5.33. The van der Waals surface area contributed by atoms with Crippen molar-refractivity contribution in [1.82, 2.24) is 10.9 Å². The molecule has 1 aliphatic rings. The van der Waals surface area contributed by atoms with Crippen LogP contribution in [0.5, 0.6) is 0 Å². The van der Waals surface area contributed by atoms with Gasteiger partial charge in [-0.2, -0.15) is 0 Å². The van der Waals surface area contributed by atoms with Gasteiger partial charge in [-0.1, -0.05) is 84.0 Å². The van der Waals surface area contributed by atoms with Crippen LogP contribution in [0.1, 0.15) is 103 Å². The van der Waals surface area contributed by atoms with Gasteiger partial charge in [0.1, 0.15) is 0 Å². The molecule has 2 N–H and O–H groups in total. The van der Waals surface area contributed by atoms with Gasteiger partial charge in [0.15, 0.2) is 0 Å². The van der Waals surface area contributed by atoms with E-state index < -0.39 is 0 Å². The lowest BCUT2D eigenvalue weighted by Gasteiger charge is -2.23. The quantitative estimate of drug-likeness (QED) is 0.352. The second kappa shape index (κ2) is 13.9. The van der Waals surface area contributed by atoms with E-state index in [0.717, 1.165) is 12.6 Å². The molecule has 20 heavy (non-hydrogen) atoms. The van der Waals surface area contributed by atoms with Crippen LogP contribution in [-0.4, -0.2) is 12.6 Å². The summed E-state index contributed by atoms with van der Waals surface area (Å²) in [6, 6.07) is 0.742. The van der Waals surface area contributed by atoms with Crippen LogP contribution < -0.4 is 10.9 Å². The van der Waals surface area contributed by atoms with Gasteiger partial charge in [-0.3, -0.25) is 10.9 Å². The summed E-state index contributed by atoms with van der Waals surface area (Å²) in [7, 11) is 0. The van der Waals surface area contributed by atoms with Crippen molar-refractivity contribution in [3.8, 4) is 0 Å². The summed E-state index contributed by atoms with van der Waals surface area (Å²) in [4.78, 5) is 0. The van der Waals surface area contributed by atoms with Gasteiger partial charge in [0.05, 0.1) is 0 Å². The Hall–Kier alpha value is -0.0800. The van der Waals surface area contributed by atoms with Crippen molar-refractivity contribution < 1.29 is 0 Å². The Balaban J connectivity index is 1.70. The molecule has 1 rings (SSSR count). The molecule has 0 atom stereocenters. The maximum Gasteiger partial charge on any atom is 0.0212 e. The van der Waals surface area contributed by atoms with Crippen LogP contribution >= 0.6 is 0 Å². The van der Waals surface area contributed by atoms with Crippen molar-refractivity contribution in [2.45, 2.75) is 109 Å². The lowest BCUT2D eigenvalue weighted by Crippen LogP contribution is -2.42. The Kier molecular flexibility index (Phi) is 12.5. The van der Waals surface area contributed by atoms with Gasteiger partial charge < -0.3 is 0 Å². The number of nitrogens with one attached hydrogen (secondary N) is 2. The summed E-state index contributed by atoms with van der Waals surface area (Å²) in [5.41, 5.74) is 6.93. The highest BCUT2D eigenvalue weighted by atomic mass is 15.4. The van der Waals surface area contributed by atoms with E-state index >= 15 is 0 Å². The summed E-state index contributed by atoms with van der Waals surface area (Å²) in [5.74, 6) is 0. The average Bonchev–Trinajstić information content (AvgIpc) is 2.49. The van der Waals surface area contributed by atoms with Crippen molar-refractivity contribution in [2.24, 2.45) is 0 Å². The molecule has 1 saturated carbocycles. The zero-order valence-corrected chi connectivity index (χ0v) is 13.9. The Morgan fingerprint density at radius 3 is 1.85 bits per heavy atom. The average molecular weight is 283 g/mol. The first-order valence-electron chi connectivity index (χ1n) is 9.42. The number of hydrazine groups is 1. The first-order chi connectivity index (χ1) is 9.93. The third kappa shape index (κ3) is 10.7. The molecule has 0 radical (unpaired) electrons. The van der Waals surface area contributed by atoms with Crippen molar-refractivity contribution in [1.29, 1.82) is 0 Å². The number of rotatable bonds is 13. The van der Waals surface area contributed by atoms with Gasteiger partial charge in [-0.15, -0.1) is 0 Å². The third-order valence-electron chi connectivity index (χ3n) is 4.57. The van der Waals surface area contributed by atoms with Crippen LogP contribution in [0, 0.1) is 0 Å². The number of unbranched alkanes of at least 4 members (excludes halogenated alkanes) is 9. The van der Waals surface area contributed by atoms with Crippen molar-refractivity contribution in [2.75, 3.05) is 6.54 Å². The van der Waals surface area contributed by atoms with Crippen molar-refractivity contribution in [3.05, 3.63) is 0 Å². The maximum absolute atomic E-state index is 3.50. The molecule has 0 aromatic carbocycles. The van der Waals surface area contributed by atoms with Gasteiger partial charge in [0, 0.05) is 12.6 Å². The van der Waals surface area contributed by atoms with E-state index in [2.05, 4.69) is 17.8 Å². The Labute approximate surface area is 127 Å². The molecule has 0 aromatic rings. The molecule has 0 amide bonds. The zero-order valence-electron chi connectivity index (χ0n) is 13.9. The molecular weight excluding hydrogens is 244 g/mol. The second-order valence-corrected chi connectivity index (χ2v) is 6.59. The van der Waals surface area contributed by atoms with Crippen molar-refractivity contribution >= 4 is 0 Å². The minimum Gasteiger partial charge on any atom is -0.258 e. The summed E-state index contributed by atoms with van der Waals surface area (Å²) in [5, 5.41) is 0. The van der Waals surface area contributed by atoms with Crippen LogP contribution in [0.15, 0.2) is 0 Å². The largest absolute Gasteiger partial charge is 0.258 e. The van der Waals surface area contributed by atoms with Crippen LogP contribution in [0.4, 0.5) is 0 Å². The molecule has 0 aliphatic heterocycles. The van der Waals surface area contributed by atoms with Gasteiger partial charge >= 0.3 is 0 Å². The van der Waals surface area contributed by atoms with Crippen LogP contribution in [0.3, 0.4) is 0 Å². The summed E-state index contributed by atoms with van der Waals surface area (Å²) in [6.45, 7) is 3.43. The number of hydrogen-bond acceptors (Lipinski definition) is 2. The van der Waals surface area contributed by atoms with E-state index in [1.807, 2.05) is 0 Å². The topological polar surface area (TPSA) is 24.1 Å². The van der Waals surface area contributed by atoms with Crippen LogP contribution in [0.25, 0.3) is 0 Å². The normalized spacial score (nSPS) is 16.6. The molecule has 0 aromatic heterocycles. The molecular formula is C18H38N2. The first kappa shape index (κ1) is 18.0. The smallest absolute Gasteiger partial charge is 0.0212 e. The van der Waals surface area contributed by atoms with E-state index in [0.29, 0.717) is 0 Å². The van der Waals surface area contributed by atoms with Crippen LogP contribution in [0.2, 0.25) is 0 Å². The van der Waals surface area contributed by atoms with E-state index in [9.17, 15) is 0 Å². The molecule has 1 fully saturated rings. The second-order valence-electron chi connectivity index (χ2n) is 6.59. The summed E-state index contributed by atoms with van der Waals surface area (Å²) < 4.78 is 0. The lowest BCUT2D eigenvalue weighted by molar-refractivity contribution is 0.331. The molecule has 2 heteroatoms. The fourth-order valence-electron chi connectivity index (χ4n) is 3.16. The van der Waals surface area contributed by atoms with Gasteiger partial charge in [0.25, 0.3) is 0 Å². The molecule has 0 unspecified atom stereocenters. The number of hydrogen-bond donors (Lipinski definition) is 2. The van der Waals surface area contributed by atoms with Gasteiger partial charge in [-0.25, -0.2) is 0 Å². The monoisotopic (exact) mass is 282 g/mol. The van der Waals surface area contributed by atoms with E-state index in [-0.39, 0.29) is 0 Å². The molecule has 0 heterocycles. The Bertz CT molecular complexity index is 188. The molecule has 1 aliphatic carbocycles. The Morgan fingerprint density at radius 1 is 0.700 bits per heavy atom. The summed E-state index contributed by atoms with van der Waals surface area (Å²) >= 11 is 0. The minimum atomic E-state index is 0.742. The fourth-order valence-corrected chi connectivity index (χ4v) is 3.16. The summed E-state index contributed by atoms with van der Waals surface area (Å²) in [6.07, 6.45) is 21.2. The van der Waals surface area contributed by atoms with Gasteiger partial charge in [0.2, 0.25) is 0 Å². The molecule has 0 bridgehead atoms. The van der Waals surface area contributed by atoms with Crippen LogP contribution in [-0.2, 0) is 0 Å². The Morgan fingerprint density at radius 2 is 1.25 bits per heavy atom. The van der Waals surface area contributed by atoms with E-state index in [1.54, 1.807) is 0 Å². The highest BCUT2D eigenvalue weighted by molar-refractivity contribution is 4.69. The molecule has 0 spiro atoms. The highest BCUT2D eigenvalue weighted by Gasteiger charge is 2.11. The third-order valence-corrected chi connectivity index (χ3v) is 4.57. The predicted molar refractivity (Wildman–Crippen MR) is 89.9 cm³/mol. The molecule has 120 valence electrons. The minimum absolute atomic E-state index is 0.742. The van der Waals surface area contributed by atoms with E-state index in [4.69, 9.17) is 0 Å². The highest BCUT2D eigenvalue weighted by Crippen LogP contribution is 2.16. The zero-order chi connectivity index (χ0) is 14.3. The fraction of sp³-hybridized carbons (Fsp3) is 1.00. The lowest BCUT2D eigenvalue weighted by atomic mass is 9.96. The van der Waals surface area contributed by atoms with Crippen molar-refractivity contribution in [3.63, 3.8) is 0 Å². The molecule has 0 saturated heterocycles. The van der Waals surface area contributed by atoms with Gasteiger partial charge in [-0.05, 0) is 19.3 Å². The molecule has 2 nitrogen and oxygen atoms in total. The standard InChI is InChI=1S/C18H38N2/c1-2-3-4-5-6-7-8-9-10-14-17-19-20-18-15-12-11-13-16-18/h18-20H,2-17H2,1H3.